The fourth-order valence-corrected chi connectivity index (χ4v) is 3.40. The predicted molar refractivity (Wildman–Crippen MR) is 87.6 cm³/mol. The summed E-state index contributed by atoms with van der Waals surface area (Å²) in [6.45, 7) is 8.26. The Morgan fingerprint density at radius 3 is 2.70 bits per heavy atom. The molecule has 2 rings (SSSR count). The highest BCUT2D eigenvalue weighted by Gasteiger charge is 2.27. The van der Waals surface area contributed by atoms with Gasteiger partial charge in [-0.3, -0.25) is 4.79 Å². The summed E-state index contributed by atoms with van der Waals surface area (Å²) >= 11 is 3.55. The van der Waals surface area contributed by atoms with Crippen LogP contribution in [0.3, 0.4) is 0 Å². The number of piperidine rings is 1. The lowest BCUT2D eigenvalue weighted by atomic mass is 9.83. The first kappa shape index (κ1) is 15.6. The van der Waals surface area contributed by atoms with Crippen molar-refractivity contribution in [1.82, 2.24) is 4.90 Å². The van der Waals surface area contributed by atoms with Gasteiger partial charge in [-0.2, -0.15) is 0 Å². The van der Waals surface area contributed by atoms with Crippen molar-refractivity contribution in [3.05, 3.63) is 35.4 Å². The van der Waals surface area contributed by atoms with Gasteiger partial charge < -0.3 is 4.90 Å². The number of amides is 1. The first-order valence-electron chi connectivity index (χ1n) is 7.38. The van der Waals surface area contributed by atoms with Gasteiger partial charge in [-0.15, -0.1) is 0 Å². The lowest BCUT2D eigenvalue weighted by Gasteiger charge is -2.33. The quantitative estimate of drug-likeness (QED) is 0.739. The molecule has 3 heteroatoms. The first-order chi connectivity index (χ1) is 9.43. The molecule has 0 spiro atoms. The highest BCUT2D eigenvalue weighted by molar-refractivity contribution is 9.09. The van der Waals surface area contributed by atoms with Crippen LogP contribution in [0.2, 0.25) is 0 Å². The highest BCUT2D eigenvalue weighted by atomic mass is 79.9. The van der Waals surface area contributed by atoms with Crippen LogP contribution in [-0.4, -0.2) is 29.2 Å². The minimum atomic E-state index is -0.00311. The number of hydrogen-bond donors (Lipinski definition) is 0. The van der Waals surface area contributed by atoms with E-state index in [1.54, 1.807) is 0 Å². The summed E-state index contributed by atoms with van der Waals surface area (Å²) in [5.74, 6) is 0.788. The molecule has 0 N–H and O–H groups in total. The number of alkyl halides is 1. The normalized spacial score (nSPS) is 20.0. The third-order valence-electron chi connectivity index (χ3n) is 3.99. The third-order valence-corrected chi connectivity index (χ3v) is 4.91. The molecule has 0 bridgehead atoms. The highest BCUT2D eigenvalue weighted by Crippen LogP contribution is 2.28. The molecule has 0 radical (unpaired) electrons. The van der Waals surface area contributed by atoms with Gasteiger partial charge in [0.1, 0.15) is 0 Å². The zero-order valence-electron chi connectivity index (χ0n) is 12.7. The zero-order valence-corrected chi connectivity index (χ0v) is 14.2. The van der Waals surface area contributed by atoms with Crippen LogP contribution < -0.4 is 0 Å². The fraction of sp³-hybridized carbons (Fsp3) is 0.588. The Morgan fingerprint density at radius 1 is 1.35 bits per heavy atom. The summed E-state index contributed by atoms with van der Waals surface area (Å²) in [5.41, 5.74) is 2.01. The van der Waals surface area contributed by atoms with E-state index in [-0.39, 0.29) is 11.3 Å². The fourth-order valence-electron chi connectivity index (χ4n) is 2.87. The molecule has 1 fully saturated rings. The van der Waals surface area contributed by atoms with Crippen LogP contribution >= 0.6 is 15.9 Å². The molecule has 1 aliphatic rings. The van der Waals surface area contributed by atoms with Gasteiger partial charge in [0.05, 0.1) is 0 Å². The maximum Gasteiger partial charge on any atom is 0.254 e. The summed E-state index contributed by atoms with van der Waals surface area (Å²) in [7, 11) is 0. The van der Waals surface area contributed by atoms with Gasteiger partial charge in [0, 0.05) is 24.0 Å². The van der Waals surface area contributed by atoms with E-state index in [1.807, 2.05) is 23.1 Å². The minimum Gasteiger partial charge on any atom is -0.338 e. The van der Waals surface area contributed by atoms with Crippen molar-refractivity contribution in [2.45, 2.75) is 39.0 Å². The zero-order chi connectivity index (χ0) is 14.8. The molecule has 1 unspecified atom stereocenters. The average Bonchev–Trinajstić information content (AvgIpc) is 2.45. The standard InChI is InChI=1S/C17H24BrNO/c1-17(2,3)15-9-5-4-8-14(15)16(20)19-10-6-7-13(11-18)12-19/h4-5,8-9,13H,6-7,10-12H2,1-3H3. The number of benzene rings is 1. The van der Waals surface area contributed by atoms with Crippen LogP contribution in [-0.2, 0) is 5.41 Å². The number of hydrogen-bond acceptors (Lipinski definition) is 1. The van der Waals surface area contributed by atoms with Crippen molar-refractivity contribution in [3.8, 4) is 0 Å². The van der Waals surface area contributed by atoms with E-state index >= 15 is 0 Å². The van der Waals surface area contributed by atoms with Gasteiger partial charge in [0.25, 0.3) is 5.91 Å². The van der Waals surface area contributed by atoms with Crippen LogP contribution in [0.15, 0.2) is 24.3 Å². The van der Waals surface area contributed by atoms with Crippen molar-refractivity contribution in [3.63, 3.8) is 0 Å². The van der Waals surface area contributed by atoms with Gasteiger partial charge >= 0.3 is 0 Å². The number of likely N-dealkylation sites (tertiary alicyclic amines) is 1. The predicted octanol–water partition coefficient (Wildman–Crippen LogP) is 4.23. The molecule has 20 heavy (non-hydrogen) atoms. The van der Waals surface area contributed by atoms with E-state index in [9.17, 15) is 4.79 Å². The molecular formula is C17H24BrNO. The number of nitrogens with zero attached hydrogens (tertiary/aromatic N) is 1. The maximum absolute atomic E-state index is 12.8. The molecule has 1 heterocycles. The lowest BCUT2D eigenvalue weighted by molar-refractivity contribution is 0.0683. The van der Waals surface area contributed by atoms with Crippen molar-refractivity contribution < 1.29 is 4.79 Å². The van der Waals surface area contributed by atoms with Gasteiger partial charge in [0.15, 0.2) is 0 Å². The van der Waals surface area contributed by atoms with Crippen LogP contribution in [0, 0.1) is 5.92 Å². The van der Waals surface area contributed by atoms with E-state index < -0.39 is 0 Å². The smallest absolute Gasteiger partial charge is 0.254 e. The van der Waals surface area contributed by atoms with Crippen LogP contribution in [0.1, 0.15) is 49.5 Å². The van der Waals surface area contributed by atoms with Crippen LogP contribution in [0.4, 0.5) is 0 Å². The van der Waals surface area contributed by atoms with Crippen molar-refractivity contribution >= 4 is 21.8 Å². The second-order valence-electron chi connectivity index (χ2n) is 6.71. The van der Waals surface area contributed by atoms with E-state index in [4.69, 9.17) is 0 Å². The molecule has 1 amide bonds. The summed E-state index contributed by atoms with van der Waals surface area (Å²) in [6, 6.07) is 8.04. The van der Waals surface area contributed by atoms with Gasteiger partial charge in [-0.05, 0) is 35.8 Å². The SMILES string of the molecule is CC(C)(C)c1ccccc1C(=O)N1CCCC(CBr)C1. The van der Waals surface area contributed by atoms with Crippen molar-refractivity contribution in [1.29, 1.82) is 0 Å². The molecule has 2 nitrogen and oxygen atoms in total. The van der Waals surface area contributed by atoms with Crippen molar-refractivity contribution in [2.24, 2.45) is 5.92 Å². The molecule has 1 atom stereocenters. The first-order valence-corrected chi connectivity index (χ1v) is 8.50. The lowest BCUT2D eigenvalue weighted by Crippen LogP contribution is -2.41. The third kappa shape index (κ3) is 3.43. The number of rotatable bonds is 2. The van der Waals surface area contributed by atoms with Gasteiger partial charge in [0.2, 0.25) is 0 Å². The molecule has 1 aromatic rings. The Labute approximate surface area is 130 Å². The van der Waals surface area contributed by atoms with Crippen molar-refractivity contribution in [2.75, 3.05) is 18.4 Å². The summed E-state index contributed by atoms with van der Waals surface area (Å²) in [5, 5.41) is 0.984. The van der Waals surface area contributed by atoms with Gasteiger partial charge in [-0.1, -0.05) is 54.9 Å². The number of carbonyl (C=O) groups excluding carboxylic acids is 1. The van der Waals surface area contributed by atoms with E-state index in [1.165, 1.54) is 6.42 Å². The molecule has 110 valence electrons. The molecule has 0 aromatic heterocycles. The molecular weight excluding hydrogens is 314 g/mol. The summed E-state index contributed by atoms with van der Waals surface area (Å²) in [6.07, 6.45) is 2.33. The molecule has 1 saturated heterocycles. The number of carbonyl (C=O) groups is 1. The largest absolute Gasteiger partial charge is 0.338 e. The monoisotopic (exact) mass is 337 g/mol. The minimum absolute atomic E-state index is 0.00311. The molecule has 1 aromatic carbocycles. The van der Waals surface area contributed by atoms with Crippen LogP contribution in [0.25, 0.3) is 0 Å². The maximum atomic E-state index is 12.8. The number of halogens is 1. The summed E-state index contributed by atoms with van der Waals surface area (Å²) in [4.78, 5) is 14.9. The van der Waals surface area contributed by atoms with E-state index in [0.29, 0.717) is 5.92 Å². The van der Waals surface area contributed by atoms with E-state index in [0.717, 1.165) is 36.0 Å². The van der Waals surface area contributed by atoms with Crippen LogP contribution in [0.5, 0.6) is 0 Å². The van der Waals surface area contributed by atoms with Gasteiger partial charge in [-0.25, -0.2) is 0 Å². The molecule has 0 aliphatic carbocycles. The Balaban J connectivity index is 2.25. The topological polar surface area (TPSA) is 20.3 Å². The molecule has 1 aliphatic heterocycles. The second kappa shape index (κ2) is 6.30. The molecule has 0 saturated carbocycles. The average molecular weight is 338 g/mol. The Bertz CT molecular complexity index is 478. The Morgan fingerprint density at radius 2 is 2.05 bits per heavy atom. The summed E-state index contributed by atoms with van der Waals surface area (Å²) < 4.78 is 0. The van der Waals surface area contributed by atoms with E-state index in [2.05, 4.69) is 42.8 Å². The Hall–Kier alpha value is -0.830. The second-order valence-corrected chi connectivity index (χ2v) is 7.36. The Kier molecular flexibility index (Phi) is 4.90.